The Balaban J connectivity index is 1.59. The molecule has 1 aromatic carbocycles. The highest BCUT2D eigenvalue weighted by Crippen LogP contribution is 2.31. The lowest BCUT2D eigenvalue weighted by atomic mass is 9.97. The number of carbonyl (C=O) groups is 1. The summed E-state index contributed by atoms with van der Waals surface area (Å²) in [6, 6.07) is 6.77. The van der Waals surface area contributed by atoms with Crippen LogP contribution in [0.3, 0.4) is 0 Å². The molecule has 0 bridgehead atoms. The molecule has 4 nitrogen and oxygen atoms in total. The second-order valence-electron chi connectivity index (χ2n) is 6.45. The third-order valence-electron chi connectivity index (χ3n) is 4.90. The maximum absolute atomic E-state index is 13.3. The van der Waals surface area contributed by atoms with Crippen LogP contribution in [0.5, 0.6) is 0 Å². The van der Waals surface area contributed by atoms with Gasteiger partial charge in [0.1, 0.15) is 5.82 Å². The number of piperidine rings is 1. The Bertz CT molecular complexity index is 569. The van der Waals surface area contributed by atoms with Gasteiger partial charge in [-0.05, 0) is 43.2 Å². The molecule has 1 amide bonds. The highest BCUT2D eigenvalue weighted by atomic mass is 32.2. The van der Waals surface area contributed by atoms with Crippen molar-refractivity contribution in [2.75, 3.05) is 36.5 Å². The molecule has 3 rings (SSSR count). The molecule has 2 heterocycles. The van der Waals surface area contributed by atoms with E-state index in [-0.39, 0.29) is 17.8 Å². The zero-order valence-corrected chi connectivity index (χ0v) is 14.2. The molecule has 2 fully saturated rings. The van der Waals surface area contributed by atoms with Crippen molar-refractivity contribution in [2.45, 2.75) is 30.9 Å². The van der Waals surface area contributed by atoms with Crippen LogP contribution in [0.2, 0.25) is 0 Å². The minimum atomic E-state index is -1.18. The molecule has 2 aliphatic rings. The molecule has 0 aromatic heterocycles. The maximum Gasteiger partial charge on any atom is 0.255 e. The summed E-state index contributed by atoms with van der Waals surface area (Å²) in [5.74, 6) is 0.969. The Labute approximate surface area is 140 Å². The summed E-state index contributed by atoms with van der Waals surface area (Å²) in [7, 11) is 1.80. The highest BCUT2D eigenvalue weighted by molar-refractivity contribution is 7.99. The van der Waals surface area contributed by atoms with Crippen molar-refractivity contribution in [3.05, 3.63) is 30.1 Å². The first-order chi connectivity index (χ1) is 11.0. The van der Waals surface area contributed by atoms with Crippen molar-refractivity contribution < 1.29 is 14.3 Å². The molecule has 2 saturated heterocycles. The van der Waals surface area contributed by atoms with Crippen LogP contribution < -0.4 is 4.90 Å². The second-order valence-corrected chi connectivity index (χ2v) is 7.55. The number of halogens is 1. The van der Waals surface area contributed by atoms with E-state index >= 15 is 0 Å². The molecule has 0 spiro atoms. The number of carbonyl (C=O) groups excluding carboxylic acids is 1. The fraction of sp³-hybridized carbons (Fsp3) is 0.588. The van der Waals surface area contributed by atoms with E-state index in [1.54, 1.807) is 35.8 Å². The molecular formula is C17H23FN2O2S. The van der Waals surface area contributed by atoms with E-state index in [2.05, 4.69) is 4.90 Å². The second kappa shape index (κ2) is 6.69. The van der Waals surface area contributed by atoms with Crippen LogP contribution >= 0.6 is 11.8 Å². The van der Waals surface area contributed by atoms with Crippen LogP contribution in [0.25, 0.3) is 0 Å². The Morgan fingerprint density at radius 1 is 1.43 bits per heavy atom. The summed E-state index contributed by atoms with van der Waals surface area (Å²) in [6.45, 7) is 1.58. The Kier molecular flexibility index (Phi) is 4.82. The largest absolute Gasteiger partial charge is 0.379 e. The van der Waals surface area contributed by atoms with E-state index < -0.39 is 5.60 Å². The van der Waals surface area contributed by atoms with Crippen LogP contribution in [0.1, 0.15) is 19.3 Å². The van der Waals surface area contributed by atoms with Crippen molar-refractivity contribution >= 4 is 23.4 Å². The molecule has 1 N–H and O–H groups in total. The first kappa shape index (κ1) is 16.6. The number of amides is 1. The summed E-state index contributed by atoms with van der Waals surface area (Å²) in [4.78, 5) is 16.4. The number of likely N-dealkylation sites (N-methyl/N-ethyl adjacent to an activating group) is 1. The summed E-state index contributed by atoms with van der Waals surface area (Å²) >= 11 is 1.63. The quantitative estimate of drug-likeness (QED) is 0.917. The van der Waals surface area contributed by atoms with Crippen molar-refractivity contribution in [3.8, 4) is 0 Å². The molecule has 1 unspecified atom stereocenters. The molecule has 0 radical (unpaired) electrons. The lowest BCUT2D eigenvalue weighted by Crippen LogP contribution is -2.53. The topological polar surface area (TPSA) is 43.8 Å². The van der Waals surface area contributed by atoms with Gasteiger partial charge in [0.15, 0.2) is 5.60 Å². The lowest BCUT2D eigenvalue weighted by Gasteiger charge is -2.39. The Morgan fingerprint density at radius 2 is 2.17 bits per heavy atom. The standard InChI is InChI=1S/C17H23FN2O2S/c1-19(16(21)17(22)7-10-23-12-17)14-5-8-20(9-6-14)15-4-2-3-13(18)11-15/h2-4,11,14,22H,5-10,12H2,1H3. The number of hydrogen-bond acceptors (Lipinski definition) is 4. The fourth-order valence-electron chi connectivity index (χ4n) is 3.40. The average molecular weight is 338 g/mol. The van der Waals surface area contributed by atoms with Gasteiger partial charge in [0, 0.05) is 37.6 Å². The number of benzene rings is 1. The highest BCUT2D eigenvalue weighted by Gasteiger charge is 2.43. The van der Waals surface area contributed by atoms with Gasteiger partial charge in [0.2, 0.25) is 0 Å². The third-order valence-corrected chi connectivity index (χ3v) is 6.08. The van der Waals surface area contributed by atoms with Crippen LogP contribution in [0, 0.1) is 5.82 Å². The normalized spacial score (nSPS) is 25.6. The minimum Gasteiger partial charge on any atom is -0.379 e. The first-order valence-electron chi connectivity index (χ1n) is 8.07. The van der Waals surface area contributed by atoms with E-state index in [0.29, 0.717) is 12.2 Å². The van der Waals surface area contributed by atoms with E-state index in [4.69, 9.17) is 0 Å². The van der Waals surface area contributed by atoms with Crippen molar-refractivity contribution in [1.82, 2.24) is 4.90 Å². The molecule has 6 heteroatoms. The predicted octanol–water partition coefficient (Wildman–Crippen LogP) is 2.12. The molecular weight excluding hydrogens is 315 g/mol. The van der Waals surface area contributed by atoms with Crippen molar-refractivity contribution in [3.63, 3.8) is 0 Å². The SMILES string of the molecule is CN(C(=O)C1(O)CCSC1)C1CCN(c2cccc(F)c2)CC1. The van der Waals surface area contributed by atoms with Crippen LogP contribution in [-0.2, 0) is 4.79 Å². The zero-order valence-electron chi connectivity index (χ0n) is 13.4. The molecule has 0 saturated carbocycles. The summed E-state index contributed by atoms with van der Waals surface area (Å²) in [6.07, 6.45) is 2.22. The number of anilines is 1. The van der Waals surface area contributed by atoms with E-state index in [0.717, 1.165) is 37.4 Å². The van der Waals surface area contributed by atoms with Gasteiger partial charge in [0.25, 0.3) is 5.91 Å². The molecule has 2 aliphatic heterocycles. The summed E-state index contributed by atoms with van der Waals surface area (Å²) < 4.78 is 13.3. The van der Waals surface area contributed by atoms with Gasteiger partial charge >= 0.3 is 0 Å². The van der Waals surface area contributed by atoms with Crippen LogP contribution in [0.15, 0.2) is 24.3 Å². The monoisotopic (exact) mass is 338 g/mol. The van der Waals surface area contributed by atoms with Crippen LogP contribution in [0.4, 0.5) is 10.1 Å². The molecule has 0 aliphatic carbocycles. The lowest BCUT2D eigenvalue weighted by molar-refractivity contribution is -0.149. The van der Waals surface area contributed by atoms with Gasteiger partial charge in [-0.2, -0.15) is 11.8 Å². The molecule has 23 heavy (non-hydrogen) atoms. The number of hydrogen-bond donors (Lipinski definition) is 1. The molecule has 126 valence electrons. The van der Waals surface area contributed by atoms with E-state index in [9.17, 15) is 14.3 Å². The van der Waals surface area contributed by atoms with Crippen LogP contribution in [-0.4, -0.2) is 59.2 Å². The van der Waals surface area contributed by atoms with E-state index in [1.807, 2.05) is 6.07 Å². The van der Waals surface area contributed by atoms with Gasteiger partial charge in [-0.25, -0.2) is 4.39 Å². The van der Waals surface area contributed by atoms with Gasteiger partial charge in [-0.15, -0.1) is 0 Å². The Hall–Kier alpha value is -1.27. The van der Waals surface area contributed by atoms with Crippen molar-refractivity contribution in [1.29, 1.82) is 0 Å². The van der Waals surface area contributed by atoms with Gasteiger partial charge < -0.3 is 14.9 Å². The molecule has 1 aromatic rings. The van der Waals surface area contributed by atoms with Gasteiger partial charge in [-0.3, -0.25) is 4.79 Å². The number of aliphatic hydroxyl groups is 1. The average Bonchev–Trinajstić information content (AvgIpc) is 3.01. The van der Waals surface area contributed by atoms with Crippen molar-refractivity contribution in [2.24, 2.45) is 0 Å². The molecule has 1 atom stereocenters. The Morgan fingerprint density at radius 3 is 2.78 bits per heavy atom. The first-order valence-corrected chi connectivity index (χ1v) is 9.23. The summed E-state index contributed by atoms with van der Waals surface area (Å²) in [5, 5.41) is 10.5. The maximum atomic E-state index is 13.3. The predicted molar refractivity (Wildman–Crippen MR) is 91.3 cm³/mol. The van der Waals surface area contributed by atoms with Gasteiger partial charge in [0.05, 0.1) is 0 Å². The number of rotatable bonds is 3. The zero-order chi connectivity index (χ0) is 16.4. The number of thioether (sulfide) groups is 1. The fourth-order valence-corrected chi connectivity index (χ4v) is 4.63. The third kappa shape index (κ3) is 3.48. The smallest absolute Gasteiger partial charge is 0.255 e. The van der Waals surface area contributed by atoms with Gasteiger partial charge in [-0.1, -0.05) is 6.07 Å². The minimum absolute atomic E-state index is 0.141. The number of nitrogens with zero attached hydrogens (tertiary/aromatic N) is 2. The van der Waals surface area contributed by atoms with E-state index in [1.165, 1.54) is 6.07 Å². The summed E-state index contributed by atoms with van der Waals surface area (Å²) in [5.41, 5.74) is -0.290.